The fourth-order valence-corrected chi connectivity index (χ4v) is 1.44. The van der Waals surface area contributed by atoms with E-state index in [0.717, 1.165) is 19.5 Å². The van der Waals surface area contributed by atoms with Crippen LogP contribution in [0.5, 0.6) is 0 Å². The van der Waals surface area contributed by atoms with Gasteiger partial charge in [-0.25, -0.2) is 0 Å². The fourth-order valence-electron chi connectivity index (χ4n) is 1.44. The number of hydrogen-bond donors (Lipinski definition) is 1. The third-order valence-corrected chi connectivity index (χ3v) is 2.08. The molecule has 0 saturated carbocycles. The molecule has 90 valence electrons. The van der Waals surface area contributed by atoms with Crippen LogP contribution in [0.2, 0.25) is 0 Å². The van der Waals surface area contributed by atoms with E-state index in [1.165, 1.54) is 0 Å². The van der Waals surface area contributed by atoms with E-state index in [9.17, 15) is 4.79 Å². The number of nitrogens with zero attached hydrogens (tertiary/aromatic N) is 1. The molecular formula is C11H23NO3. The zero-order chi connectivity index (χ0) is 11.7. The van der Waals surface area contributed by atoms with Gasteiger partial charge < -0.3 is 9.84 Å². The Labute approximate surface area is 92.2 Å². The minimum absolute atomic E-state index is 0.156. The van der Waals surface area contributed by atoms with Gasteiger partial charge in [-0.15, -0.1) is 0 Å². The molecule has 0 aliphatic heterocycles. The van der Waals surface area contributed by atoms with Gasteiger partial charge in [-0.05, 0) is 25.8 Å². The van der Waals surface area contributed by atoms with Crippen molar-refractivity contribution in [3.8, 4) is 0 Å². The largest absolute Gasteiger partial charge is 0.465 e. The van der Waals surface area contributed by atoms with Crippen molar-refractivity contribution in [1.29, 1.82) is 0 Å². The Balaban J connectivity index is 3.96. The fraction of sp³-hybridized carbons (Fsp3) is 0.909. The number of carbonyl (C=O) groups is 1. The Hall–Kier alpha value is -0.610. The number of esters is 1. The van der Waals surface area contributed by atoms with Crippen molar-refractivity contribution in [2.45, 2.75) is 27.2 Å². The van der Waals surface area contributed by atoms with Crippen LogP contribution < -0.4 is 0 Å². The van der Waals surface area contributed by atoms with Gasteiger partial charge >= 0.3 is 5.97 Å². The van der Waals surface area contributed by atoms with Crippen LogP contribution in [0, 0.1) is 5.92 Å². The normalized spacial score (nSPS) is 12.9. The van der Waals surface area contributed by atoms with Crippen molar-refractivity contribution in [3.63, 3.8) is 0 Å². The second-order valence-corrected chi connectivity index (χ2v) is 3.83. The highest BCUT2D eigenvalue weighted by Gasteiger charge is 2.13. The van der Waals surface area contributed by atoms with Gasteiger partial charge in [0.25, 0.3) is 0 Å². The zero-order valence-corrected chi connectivity index (χ0v) is 10.0. The summed E-state index contributed by atoms with van der Waals surface area (Å²) in [6, 6.07) is 0. The first-order valence-corrected chi connectivity index (χ1v) is 5.62. The van der Waals surface area contributed by atoms with Crippen molar-refractivity contribution in [3.05, 3.63) is 0 Å². The van der Waals surface area contributed by atoms with Gasteiger partial charge in [0.05, 0.1) is 13.2 Å². The standard InChI is InChI=1S/C11H23NO3/c1-4-6-12(7-10(3)9-13)8-11(14)15-5-2/h10,13H,4-9H2,1-3H3. The molecule has 0 radical (unpaired) electrons. The molecule has 15 heavy (non-hydrogen) atoms. The van der Waals surface area contributed by atoms with Crippen LogP contribution in [-0.4, -0.2) is 48.8 Å². The van der Waals surface area contributed by atoms with Crippen molar-refractivity contribution < 1.29 is 14.6 Å². The number of ether oxygens (including phenoxy) is 1. The van der Waals surface area contributed by atoms with E-state index in [1.54, 1.807) is 6.92 Å². The Morgan fingerprint density at radius 3 is 2.60 bits per heavy atom. The van der Waals surface area contributed by atoms with Gasteiger partial charge in [-0.1, -0.05) is 13.8 Å². The molecule has 0 fully saturated rings. The lowest BCUT2D eigenvalue weighted by atomic mass is 10.2. The van der Waals surface area contributed by atoms with Gasteiger partial charge in [-0.2, -0.15) is 0 Å². The first kappa shape index (κ1) is 14.4. The lowest BCUT2D eigenvalue weighted by Crippen LogP contribution is -2.35. The molecule has 0 aromatic heterocycles. The minimum atomic E-state index is -0.184. The first-order chi connectivity index (χ1) is 7.13. The predicted octanol–water partition coefficient (Wildman–Crippen LogP) is 0.890. The number of hydrogen-bond acceptors (Lipinski definition) is 4. The van der Waals surface area contributed by atoms with Crippen LogP contribution in [0.25, 0.3) is 0 Å². The summed E-state index contributed by atoms with van der Waals surface area (Å²) in [6.45, 7) is 8.35. The molecule has 0 aromatic carbocycles. The average molecular weight is 217 g/mol. The van der Waals surface area contributed by atoms with Gasteiger partial charge in [-0.3, -0.25) is 9.69 Å². The van der Waals surface area contributed by atoms with Crippen molar-refractivity contribution in [2.75, 3.05) is 32.8 Å². The lowest BCUT2D eigenvalue weighted by Gasteiger charge is -2.23. The van der Waals surface area contributed by atoms with Crippen molar-refractivity contribution >= 4 is 5.97 Å². The molecule has 0 bridgehead atoms. The van der Waals surface area contributed by atoms with Crippen LogP contribution in [0.3, 0.4) is 0 Å². The maximum Gasteiger partial charge on any atom is 0.320 e. The van der Waals surface area contributed by atoms with Crippen LogP contribution >= 0.6 is 0 Å². The maximum atomic E-state index is 11.3. The van der Waals surface area contributed by atoms with Crippen LogP contribution in [0.4, 0.5) is 0 Å². The van der Waals surface area contributed by atoms with Gasteiger partial charge in [0.15, 0.2) is 0 Å². The quantitative estimate of drug-likeness (QED) is 0.613. The van der Waals surface area contributed by atoms with Crippen molar-refractivity contribution in [1.82, 2.24) is 4.90 Å². The first-order valence-electron chi connectivity index (χ1n) is 5.62. The van der Waals surface area contributed by atoms with Gasteiger partial charge in [0, 0.05) is 13.2 Å². The molecule has 0 spiro atoms. The summed E-state index contributed by atoms with van der Waals surface area (Å²) in [4.78, 5) is 13.3. The van der Waals surface area contributed by atoms with Crippen LogP contribution in [0.15, 0.2) is 0 Å². The van der Waals surface area contributed by atoms with Crippen LogP contribution in [-0.2, 0) is 9.53 Å². The average Bonchev–Trinajstić information content (AvgIpc) is 2.18. The lowest BCUT2D eigenvalue weighted by molar-refractivity contribution is -0.144. The summed E-state index contributed by atoms with van der Waals surface area (Å²) in [7, 11) is 0. The molecule has 1 N–H and O–H groups in total. The summed E-state index contributed by atoms with van der Waals surface area (Å²) in [5.74, 6) is 0.0158. The van der Waals surface area contributed by atoms with E-state index in [2.05, 4.69) is 6.92 Å². The van der Waals surface area contributed by atoms with Crippen molar-refractivity contribution in [2.24, 2.45) is 5.92 Å². The number of carbonyl (C=O) groups excluding carboxylic acids is 1. The molecule has 0 aliphatic carbocycles. The Kier molecular flexibility index (Phi) is 8.33. The molecule has 0 saturated heterocycles. The number of aliphatic hydroxyl groups is 1. The topological polar surface area (TPSA) is 49.8 Å². The number of rotatable bonds is 8. The van der Waals surface area contributed by atoms with E-state index >= 15 is 0 Å². The Morgan fingerprint density at radius 1 is 1.47 bits per heavy atom. The molecule has 0 heterocycles. The molecule has 0 aromatic rings. The van der Waals surface area contributed by atoms with E-state index in [4.69, 9.17) is 9.84 Å². The molecule has 4 nitrogen and oxygen atoms in total. The summed E-state index contributed by atoms with van der Waals surface area (Å²) < 4.78 is 4.89. The van der Waals surface area contributed by atoms with E-state index < -0.39 is 0 Å². The SMILES string of the molecule is CCCN(CC(=O)OCC)CC(C)CO. The number of aliphatic hydroxyl groups excluding tert-OH is 1. The maximum absolute atomic E-state index is 11.3. The molecule has 4 heteroatoms. The third-order valence-electron chi connectivity index (χ3n) is 2.08. The minimum Gasteiger partial charge on any atom is -0.465 e. The highest BCUT2D eigenvalue weighted by atomic mass is 16.5. The summed E-state index contributed by atoms with van der Waals surface area (Å²) in [5, 5.41) is 8.95. The molecule has 1 atom stereocenters. The van der Waals surface area contributed by atoms with E-state index in [0.29, 0.717) is 13.2 Å². The second-order valence-electron chi connectivity index (χ2n) is 3.83. The molecule has 1 unspecified atom stereocenters. The molecular weight excluding hydrogens is 194 g/mol. The monoisotopic (exact) mass is 217 g/mol. The summed E-state index contributed by atoms with van der Waals surface area (Å²) in [6.07, 6.45) is 0.998. The van der Waals surface area contributed by atoms with E-state index in [-0.39, 0.29) is 18.5 Å². The van der Waals surface area contributed by atoms with Crippen LogP contribution in [0.1, 0.15) is 27.2 Å². The molecule has 0 rings (SSSR count). The highest BCUT2D eigenvalue weighted by Crippen LogP contribution is 2.00. The smallest absolute Gasteiger partial charge is 0.320 e. The Bertz CT molecular complexity index is 173. The molecule has 0 aliphatic rings. The van der Waals surface area contributed by atoms with E-state index in [1.807, 2.05) is 11.8 Å². The zero-order valence-electron chi connectivity index (χ0n) is 10.0. The third kappa shape index (κ3) is 7.33. The summed E-state index contributed by atoms with van der Waals surface area (Å²) in [5.41, 5.74) is 0. The Morgan fingerprint density at radius 2 is 2.13 bits per heavy atom. The highest BCUT2D eigenvalue weighted by molar-refractivity contribution is 5.71. The van der Waals surface area contributed by atoms with Gasteiger partial charge in [0.2, 0.25) is 0 Å². The summed E-state index contributed by atoms with van der Waals surface area (Å²) >= 11 is 0. The predicted molar refractivity (Wildman–Crippen MR) is 59.6 cm³/mol. The van der Waals surface area contributed by atoms with Gasteiger partial charge in [0.1, 0.15) is 0 Å². The second kappa shape index (κ2) is 8.68. The molecule has 0 amide bonds.